The topological polar surface area (TPSA) is 18.5 Å². The number of halogens is 6. The summed E-state index contributed by atoms with van der Waals surface area (Å²) >= 11 is 0. The van der Waals surface area contributed by atoms with E-state index in [2.05, 4.69) is 16.4 Å². The van der Waals surface area contributed by atoms with Gasteiger partial charge in [0.2, 0.25) is 6.17 Å². The van der Waals surface area contributed by atoms with Crippen LogP contribution in [0.15, 0.2) is 48.5 Å². The third kappa shape index (κ3) is 8.44. The molecule has 0 bridgehead atoms. The minimum Gasteiger partial charge on any atom is -0.406 e. The molecule has 35 heavy (non-hydrogen) atoms. The minimum atomic E-state index is -4.92. The summed E-state index contributed by atoms with van der Waals surface area (Å²) in [7, 11) is 0. The highest BCUT2D eigenvalue weighted by Crippen LogP contribution is 2.39. The molecule has 194 valence electrons. The molecule has 1 saturated carbocycles. The van der Waals surface area contributed by atoms with Gasteiger partial charge in [-0.15, -0.1) is 13.2 Å². The molecule has 1 atom stereocenters. The van der Waals surface area contributed by atoms with Crippen molar-refractivity contribution in [2.75, 3.05) is 0 Å². The summed E-state index contributed by atoms with van der Waals surface area (Å²) in [6.45, 7) is 1.72. The molecule has 1 aliphatic carbocycles. The van der Waals surface area contributed by atoms with E-state index >= 15 is 0 Å². The zero-order chi connectivity index (χ0) is 25.5. The number of rotatable bonds is 11. The molecule has 2 nitrogen and oxygen atoms in total. The summed E-state index contributed by atoms with van der Waals surface area (Å²) < 4.78 is 87.8. The van der Waals surface area contributed by atoms with Crippen molar-refractivity contribution in [3.05, 3.63) is 65.2 Å². The van der Waals surface area contributed by atoms with Gasteiger partial charge in [-0.05, 0) is 66.3 Å². The van der Waals surface area contributed by atoms with Gasteiger partial charge < -0.3 is 9.47 Å². The van der Waals surface area contributed by atoms with Gasteiger partial charge in [0.15, 0.2) is 0 Å². The van der Waals surface area contributed by atoms with Crippen LogP contribution in [-0.4, -0.2) is 12.5 Å². The van der Waals surface area contributed by atoms with Crippen LogP contribution in [0.2, 0.25) is 0 Å². The summed E-state index contributed by atoms with van der Waals surface area (Å²) in [6.07, 6.45) is -2.12. The van der Waals surface area contributed by atoms with Gasteiger partial charge in [-0.2, -0.15) is 8.78 Å². The van der Waals surface area contributed by atoms with Crippen molar-refractivity contribution in [3.63, 3.8) is 0 Å². The van der Waals surface area contributed by atoms with Crippen LogP contribution in [0.5, 0.6) is 5.75 Å². The first kappa shape index (κ1) is 27.4. The van der Waals surface area contributed by atoms with Crippen molar-refractivity contribution in [1.29, 1.82) is 0 Å². The van der Waals surface area contributed by atoms with Gasteiger partial charge in [0.25, 0.3) is 0 Å². The van der Waals surface area contributed by atoms with Crippen molar-refractivity contribution >= 4 is 0 Å². The Morgan fingerprint density at radius 1 is 0.857 bits per heavy atom. The fraction of sp³-hybridized carbons (Fsp3) is 0.556. The van der Waals surface area contributed by atoms with E-state index < -0.39 is 36.6 Å². The molecule has 2 aromatic rings. The van der Waals surface area contributed by atoms with Crippen molar-refractivity contribution < 1.29 is 35.8 Å². The van der Waals surface area contributed by atoms with Gasteiger partial charge in [-0.3, -0.25) is 0 Å². The lowest BCUT2D eigenvalue weighted by Crippen LogP contribution is -2.27. The Hall–Kier alpha value is -2.22. The first-order chi connectivity index (χ1) is 16.6. The Balaban J connectivity index is 1.49. The van der Waals surface area contributed by atoms with Gasteiger partial charge in [-0.25, -0.2) is 4.39 Å². The highest BCUT2D eigenvalue weighted by atomic mass is 19.4. The van der Waals surface area contributed by atoms with Crippen molar-refractivity contribution in [2.45, 2.75) is 89.5 Å². The first-order valence-electron chi connectivity index (χ1n) is 12.2. The Morgan fingerprint density at radius 2 is 1.49 bits per heavy atom. The SMILES string of the molecule is CCCCCC1CCC(c2ccc(COC(F)(F)C(F)c3ccc(OC(F)(F)F)cc3)cc2)CC1. The second-order valence-corrected chi connectivity index (χ2v) is 9.28. The van der Waals surface area contributed by atoms with Crippen LogP contribution in [0, 0.1) is 5.92 Å². The zero-order valence-electron chi connectivity index (χ0n) is 19.8. The fourth-order valence-corrected chi connectivity index (χ4v) is 4.64. The highest BCUT2D eigenvalue weighted by molar-refractivity contribution is 5.29. The summed E-state index contributed by atoms with van der Waals surface area (Å²) in [6, 6.07) is 10.5. The second kappa shape index (κ2) is 12.2. The molecule has 1 aliphatic rings. The summed E-state index contributed by atoms with van der Waals surface area (Å²) in [5.41, 5.74) is 1.16. The Bertz CT molecular complexity index is 887. The lowest BCUT2D eigenvalue weighted by molar-refractivity contribution is -0.282. The van der Waals surface area contributed by atoms with Crippen LogP contribution in [-0.2, 0) is 11.3 Å². The van der Waals surface area contributed by atoms with E-state index in [4.69, 9.17) is 0 Å². The normalized spacial score (nSPS) is 20.0. The number of hydrogen-bond donors (Lipinski definition) is 0. The molecule has 1 unspecified atom stereocenters. The lowest BCUT2D eigenvalue weighted by Gasteiger charge is -2.29. The lowest BCUT2D eigenvalue weighted by atomic mass is 9.77. The van der Waals surface area contributed by atoms with Gasteiger partial charge in [0.1, 0.15) is 5.75 Å². The monoisotopic (exact) mass is 502 g/mol. The number of hydrogen-bond acceptors (Lipinski definition) is 2. The summed E-state index contributed by atoms with van der Waals surface area (Å²) in [5, 5.41) is 0. The Kier molecular flexibility index (Phi) is 9.50. The second-order valence-electron chi connectivity index (χ2n) is 9.28. The summed E-state index contributed by atoms with van der Waals surface area (Å²) in [4.78, 5) is 0. The molecular formula is C27H32F6O2. The number of unbranched alkanes of at least 4 members (excludes halogenated alkanes) is 2. The molecule has 0 saturated heterocycles. The van der Waals surface area contributed by atoms with Crippen LogP contribution in [0.3, 0.4) is 0 Å². The zero-order valence-corrected chi connectivity index (χ0v) is 19.8. The van der Waals surface area contributed by atoms with Gasteiger partial charge in [-0.1, -0.05) is 69.0 Å². The van der Waals surface area contributed by atoms with Crippen LogP contribution in [0.4, 0.5) is 26.3 Å². The molecule has 0 spiro atoms. The van der Waals surface area contributed by atoms with E-state index in [9.17, 15) is 26.3 Å². The third-order valence-corrected chi connectivity index (χ3v) is 6.65. The smallest absolute Gasteiger partial charge is 0.406 e. The fourth-order valence-electron chi connectivity index (χ4n) is 4.64. The molecule has 0 aliphatic heterocycles. The average Bonchev–Trinajstić information content (AvgIpc) is 2.83. The largest absolute Gasteiger partial charge is 0.573 e. The minimum absolute atomic E-state index is 0.466. The van der Waals surface area contributed by atoms with Crippen molar-refractivity contribution in [1.82, 2.24) is 0 Å². The molecule has 0 radical (unpaired) electrons. The van der Waals surface area contributed by atoms with Crippen LogP contribution >= 0.6 is 0 Å². The summed E-state index contributed by atoms with van der Waals surface area (Å²) in [5.74, 6) is 0.644. The quantitative estimate of drug-likeness (QED) is 0.225. The molecule has 0 N–H and O–H groups in total. The Labute approximate surface area is 202 Å². The van der Waals surface area contributed by atoms with E-state index in [1.54, 1.807) is 12.1 Å². The Morgan fingerprint density at radius 3 is 2.06 bits per heavy atom. The number of benzene rings is 2. The predicted molar refractivity (Wildman–Crippen MR) is 122 cm³/mol. The van der Waals surface area contributed by atoms with E-state index in [0.717, 1.165) is 43.0 Å². The molecule has 1 fully saturated rings. The molecule has 0 heterocycles. The molecule has 2 aromatic carbocycles. The maximum atomic E-state index is 14.4. The predicted octanol–water partition coefficient (Wildman–Crippen LogP) is 9.26. The maximum absolute atomic E-state index is 14.4. The van der Waals surface area contributed by atoms with Gasteiger partial charge in [0, 0.05) is 0 Å². The van der Waals surface area contributed by atoms with Crippen molar-refractivity contribution in [3.8, 4) is 5.75 Å². The highest BCUT2D eigenvalue weighted by Gasteiger charge is 2.43. The standard InChI is InChI=1S/C27H32F6O2/c1-2-3-4-5-19-6-10-21(11-7-19)22-12-8-20(9-13-22)18-34-26(29,30)25(28)23-14-16-24(17-15-23)35-27(31,32)33/h8-9,12-17,19,21,25H,2-7,10-11,18H2,1H3. The molecular weight excluding hydrogens is 470 g/mol. The van der Waals surface area contributed by atoms with E-state index in [-0.39, 0.29) is 0 Å². The van der Waals surface area contributed by atoms with E-state index in [1.165, 1.54) is 44.1 Å². The number of alkyl halides is 6. The van der Waals surface area contributed by atoms with Gasteiger partial charge in [0.05, 0.1) is 6.61 Å². The maximum Gasteiger partial charge on any atom is 0.573 e. The number of ether oxygens (including phenoxy) is 2. The molecule has 0 amide bonds. The molecule has 8 heteroatoms. The molecule has 3 rings (SSSR count). The van der Waals surface area contributed by atoms with Crippen LogP contribution in [0.1, 0.15) is 87.1 Å². The van der Waals surface area contributed by atoms with Crippen molar-refractivity contribution in [2.24, 2.45) is 5.92 Å². The third-order valence-electron chi connectivity index (χ3n) is 6.65. The van der Waals surface area contributed by atoms with E-state index in [1.807, 2.05) is 12.1 Å². The van der Waals surface area contributed by atoms with Crippen LogP contribution in [0.25, 0.3) is 0 Å². The van der Waals surface area contributed by atoms with Gasteiger partial charge >= 0.3 is 12.5 Å². The average molecular weight is 503 g/mol. The first-order valence-corrected chi connectivity index (χ1v) is 12.2. The van der Waals surface area contributed by atoms with E-state index in [0.29, 0.717) is 11.5 Å². The van der Waals surface area contributed by atoms with Crippen LogP contribution < -0.4 is 4.74 Å². The molecule has 0 aromatic heterocycles.